The van der Waals surface area contributed by atoms with E-state index in [1.807, 2.05) is 30.3 Å². The van der Waals surface area contributed by atoms with Crippen LogP contribution < -0.4 is 10.1 Å². The van der Waals surface area contributed by atoms with Gasteiger partial charge in [0.15, 0.2) is 11.6 Å². The average Bonchev–Trinajstić information content (AvgIpc) is 2.62. The van der Waals surface area contributed by atoms with Crippen molar-refractivity contribution in [3.8, 4) is 5.75 Å². The van der Waals surface area contributed by atoms with Crippen LogP contribution in [0.2, 0.25) is 0 Å². The number of carbonyl (C=O) groups is 1. The average molecular weight is 305 g/mol. The van der Waals surface area contributed by atoms with E-state index in [0.29, 0.717) is 23.7 Å². The summed E-state index contributed by atoms with van der Waals surface area (Å²) in [5, 5.41) is 2.76. The molecular formula is C18H15N3O2. The van der Waals surface area contributed by atoms with Gasteiger partial charge in [-0.15, -0.1) is 0 Å². The fourth-order valence-corrected chi connectivity index (χ4v) is 2.02. The molecule has 0 saturated heterocycles. The van der Waals surface area contributed by atoms with E-state index in [-0.39, 0.29) is 5.91 Å². The molecule has 3 rings (SSSR count). The number of benzene rings is 1. The number of amides is 1. The number of carbonyl (C=O) groups excluding carboxylic acids is 1. The predicted molar refractivity (Wildman–Crippen MR) is 87.2 cm³/mol. The number of hydrogen-bond donors (Lipinski definition) is 1. The molecule has 0 unspecified atom stereocenters. The summed E-state index contributed by atoms with van der Waals surface area (Å²) < 4.78 is 5.77. The Labute approximate surface area is 134 Å². The smallest absolute Gasteiger partial charge is 0.257 e. The molecule has 1 N–H and O–H groups in total. The van der Waals surface area contributed by atoms with E-state index in [9.17, 15) is 4.79 Å². The zero-order chi connectivity index (χ0) is 15.9. The van der Waals surface area contributed by atoms with E-state index in [4.69, 9.17) is 4.74 Å². The van der Waals surface area contributed by atoms with Crippen molar-refractivity contribution in [2.75, 3.05) is 5.32 Å². The first-order valence-corrected chi connectivity index (χ1v) is 7.16. The molecule has 0 aliphatic rings. The molecule has 1 aromatic carbocycles. The highest BCUT2D eigenvalue weighted by Crippen LogP contribution is 2.22. The normalized spacial score (nSPS) is 10.1. The Morgan fingerprint density at radius 3 is 2.52 bits per heavy atom. The van der Waals surface area contributed by atoms with Crippen molar-refractivity contribution in [1.82, 2.24) is 9.97 Å². The van der Waals surface area contributed by atoms with Crippen LogP contribution in [0.15, 0.2) is 73.2 Å². The summed E-state index contributed by atoms with van der Waals surface area (Å²) in [6, 6.07) is 16.6. The van der Waals surface area contributed by atoms with Gasteiger partial charge in [-0.25, -0.2) is 4.98 Å². The third-order valence-corrected chi connectivity index (χ3v) is 3.18. The van der Waals surface area contributed by atoms with Gasteiger partial charge in [-0.05, 0) is 29.8 Å². The highest BCUT2D eigenvalue weighted by Gasteiger charge is 2.10. The van der Waals surface area contributed by atoms with Crippen molar-refractivity contribution >= 4 is 11.7 Å². The number of rotatable bonds is 5. The monoisotopic (exact) mass is 305 g/mol. The number of pyridine rings is 2. The largest absolute Gasteiger partial charge is 0.485 e. The van der Waals surface area contributed by atoms with E-state index in [2.05, 4.69) is 15.3 Å². The summed E-state index contributed by atoms with van der Waals surface area (Å²) in [6.45, 7) is 0.407. The van der Waals surface area contributed by atoms with E-state index >= 15 is 0 Å². The number of hydrogen-bond acceptors (Lipinski definition) is 4. The van der Waals surface area contributed by atoms with Crippen molar-refractivity contribution in [3.63, 3.8) is 0 Å². The van der Waals surface area contributed by atoms with Crippen molar-refractivity contribution in [2.24, 2.45) is 0 Å². The maximum atomic E-state index is 12.2. The Kier molecular flexibility index (Phi) is 4.59. The molecule has 1 amide bonds. The van der Waals surface area contributed by atoms with Gasteiger partial charge in [0, 0.05) is 24.2 Å². The highest BCUT2D eigenvalue weighted by molar-refractivity contribution is 6.04. The van der Waals surface area contributed by atoms with Gasteiger partial charge in [0.2, 0.25) is 0 Å². The molecule has 23 heavy (non-hydrogen) atoms. The first-order valence-electron chi connectivity index (χ1n) is 7.16. The highest BCUT2D eigenvalue weighted by atomic mass is 16.5. The third-order valence-electron chi connectivity index (χ3n) is 3.18. The Hall–Kier alpha value is -3.21. The van der Waals surface area contributed by atoms with Crippen LogP contribution in [0.25, 0.3) is 0 Å². The maximum Gasteiger partial charge on any atom is 0.257 e. The molecule has 0 bridgehead atoms. The fraction of sp³-hybridized carbons (Fsp3) is 0.0556. The maximum absolute atomic E-state index is 12.2. The first kappa shape index (κ1) is 14.7. The Balaban J connectivity index is 1.72. The molecule has 0 spiro atoms. The van der Waals surface area contributed by atoms with E-state index in [1.165, 1.54) is 0 Å². The second-order valence-corrected chi connectivity index (χ2v) is 4.81. The molecule has 0 aliphatic carbocycles. The lowest BCUT2D eigenvalue weighted by molar-refractivity contribution is 0.102. The summed E-state index contributed by atoms with van der Waals surface area (Å²) >= 11 is 0. The summed E-state index contributed by atoms with van der Waals surface area (Å²) in [7, 11) is 0. The molecule has 0 radical (unpaired) electrons. The lowest BCUT2D eigenvalue weighted by atomic mass is 10.2. The zero-order valence-corrected chi connectivity index (χ0v) is 12.3. The molecule has 0 aliphatic heterocycles. The van der Waals surface area contributed by atoms with E-state index in [0.717, 1.165) is 5.56 Å². The number of nitrogens with one attached hydrogen (secondary N) is 1. The second kappa shape index (κ2) is 7.17. The quantitative estimate of drug-likeness (QED) is 0.785. The van der Waals surface area contributed by atoms with Crippen LogP contribution in [0.5, 0.6) is 5.75 Å². The minimum absolute atomic E-state index is 0.254. The lowest BCUT2D eigenvalue weighted by Crippen LogP contribution is -2.14. The molecule has 114 valence electrons. The van der Waals surface area contributed by atoms with Gasteiger partial charge in [-0.3, -0.25) is 9.78 Å². The van der Waals surface area contributed by atoms with Crippen molar-refractivity contribution in [3.05, 3.63) is 84.3 Å². The standard InChI is InChI=1S/C18H15N3O2/c22-18(15-8-11-19-12-9-15)21-17-16(7-4-10-20-17)23-13-14-5-2-1-3-6-14/h1-12H,13H2,(H,20,21,22). The molecule has 0 fully saturated rings. The van der Waals surface area contributed by atoms with Crippen LogP contribution in [0.4, 0.5) is 5.82 Å². The zero-order valence-electron chi connectivity index (χ0n) is 12.3. The minimum atomic E-state index is -0.254. The van der Waals surface area contributed by atoms with Crippen LogP contribution in [0.3, 0.4) is 0 Å². The Bertz CT molecular complexity index is 777. The van der Waals surface area contributed by atoms with Gasteiger partial charge >= 0.3 is 0 Å². The summed E-state index contributed by atoms with van der Waals surface area (Å²) in [4.78, 5) is 20.3. The third kappa shape index (κ3) is 3.91. The van der Waals surface area contributed by atoms with Gasteiger partial charge in [0.1, 0.15) is 6.61 Å². The number of anilines is 1. The number of aromatic nitrogens is 2. The Morgan fingerprint density at radius 1 is 0.957 bits per heavy atom. The molecule has 3 aromatic rings. The molecule has 5 heteroatoms. The first-order chi connectivity index (χ1) is 11.3. The van der Waals surface area contributed by atoms with Crippen molar-refractivity contribution in [2.45, 2.75) is 6.61 Å². The number of ether oxygens (including phenoxy) is 1. The molecular weight excluding hydrogens is 290 g/mol. The van der Waals surface area contributed by atoms with Crippen LogP contribution in [-0.4, -0.2) is 15.9 Å². The summed E-state index contributed by atoms with van der Waals surface area (Å²) in [5.74, 6) is 0.666. The van der Waals surface area contributed by atoms with Crippen molar-refractivity contribution in [1.29, 1.82) is 0 Å². The SMILES string of the molecule is O=C(Nc1ncccc1OCc1ccccc1)c1ccncc1. The van der Waals surface area contributed by atoms with Gasteiger partial charge in [-0.1, -0.05) is 30.3 Å². The van der Waals surface area contributed by atoms with Crippen LogP contribution >= 0.6 is 0 Å². The fourth-order valence-electron chi connectivity index (χ4n) is 2.02. The molecule has 0 atom stereocenters. The molecule has 2 aromatic heterocycles. The molecule has 5 nitrogen and oxygen atoms in total. The van der Waals surface area contributed by atoms with Gasteiger partial charge in [0.25, 0.3) is 5.91 Å². The second-order valence-electron chi connectivity index (χ2n) is 4.81. The Morgan fingerprint density at radius 2 is 1.74 bits per heavy atom. The predicted octanol–water partition coefficient (Wildman–Crippen LogP) is 3.31. The molecule has 0 saturated carbocycles. The van der Waals surface area contributed by atoms with E-state index < -0.39 is 0 Å². The van der Waals surface area contributed by atoms with Gasteiger partial charge in [0.05, 0.1) is 0 Å². The lowest BCUT2D eigenvalue weighted by Gasteiger charge is -2.11. The van der Waals surface area contributed by atoms with Crippen LogP contribution in [0, 0.1) is 0 Å². The van der Waals surface area contributed by atoms with Crippen molar-refractivity contribution < 1.29 is 9.53 Å². The topological polar surface area (TPSA) is 64.1 Å². The van der Waals surface area contributed by atoms with E-state index in [1.54, 1.807) is 42.9 Å². The van der Waals surface area contributed by atoms with Crippen LogP contribution in [-0.2, 0) is 6.61 Å². The minimum Gasteiger partial charge on any atom is -0.485 e. The summed E-state index contributed by atoms with van der Waals surface area (Å²) in [5.41, 5.74) is 1.56. The molecule has 2 heterocycles. The van der Waals surface area contributed by atoms with Gasteiger partial charge < -0.3 is 10.1 Å². The van der Waals surface area contributed by atoms with Crippen LogP contribution in [0.1, 0.15) is 15.9 Å². The summed E-state index contributed by atoms with van der Waals surface area (Å²) in [6.07, 6.45) is 4.75. The number of nitrogens with zero attached hydrogens (tertiary/aromatic N) is 2. The van der Waals surface area contributed by atoms with Gasteiger partial charge in [-0.2, -0.15) is 0 Å².